The van der Waals surface area contributed by atoms with Crippen molar-refractivity contribution in [1.82, 2.24) is 4.98 Å². The monoisotopic (exact) mass is 141 g/mol. The molecule has 0 N–H and O–H groups in total. The molecule has 1 aromatic heterocycles. The van der Waals surface area contributed by atoms with Gasteiger partial charge in [-0.15, -0.1) is 0 Å². The molecule has 1 heterocycles. The van der Waals surface area contributed by atoms with Gasteiger partial charge in [-0.2, -0.15) is 4.98 Å². The Morgan fingerprint density at radius 2 is 2.27 bits per heavy atom. The first-order valence-corrected chi connectivity index (χ1v) is 3.51. The maximum absolute atomic E-state index is 4.06. The third-order valence-corrected chi connectivity index (χ3v) is 1.65. The van der Waals surface area contributed by atoms with E-state index in [2.05, 4.69) is 30.2 Å². The molecule has 0 fully saturated rings. The average molecular weight is 141 g/mol. The fourth-order valence-electron chi connectivity index (χ4n) is 1.08. The Bertz CT molecular complexity index is 379. The van der Waals surface area contributed by atoms with Crippen molar-refractivity contribution in [2.75, 3.05) is 0 Å². The van der Waals surface area contributed by atoms with Crippen LogP contribution < -0.4 is 0 Å². The minimum atomic E-state index is 0.990. The molecule has 0 aliphatic rings. The molecule has 0 atom stereocenters. The Kier molecular flexibility index (Phi) is 1.26. The third kappa shape index (κ3) is 1.03. The quantitative estimate of drug-likeness (QED) is 0.547. The molecule has 0 saturated heterocycles. The second-order valence-corrected chi connectivity index (χ2v) is 2.57. The second-order valence-electron chi connectivity index (χ2n) is 2.57. The molecule has 1 aromatic carbocycles. The SMILES string of the molecule is Cc1ccc2cc#cnc2c1. The summed E-state index contributed by atoms with van der Waals surface area (Å²) < 4.78 is 0. The first-order valence-electron chi connectivity index (χ1n) is 3.51. The predicted octanol–water partition coefficient (Wildman–Crippen LogP) is 2.14. The summed E-state index contributed by atoms with van der Waals surface area (Å²) >= 11 is 0. The zero-order valence-corrected chi connectivity index (χ0v) is 6.26. The lowest BCUT2D eigenvalue weighted by Gasteiger charge is -1.93. The molecular weight excluding hydrogens is 134 g/mol. The lowest BCUT2D eigenvalue weighted by Crippen LogP contribution is -1.76. The summed E-state index contributed by atoms with van der Waals surface area (Å²) in [6, 6.07) is 10.9. The van der Waals surface area contributed by atoms with Crippen LogP contribution in [-0.2, 0) is 0 Å². The number of rotatable bonds is 0. The summed E-state index contributed by atoms with van der Waals surface area (Å²) in [6.45, 7) is 2.05. The molecule has 2 aromatic rings. The average Bonchev–Trinajstić information content (AvgIpc) is 2.04. The van der Waals surface area contributed by atoms with Gasteiger partial charge in [0.15, 0.2) is 0 Å². The molecule has 2 rings (SSSR count). The van der Waals surface area contributed by atoms with Crippen LogP contribution in [0.4, 0.5) is 0 Å². The van der Waals surface area contributed by atoms with Gasteiger partial charge in [0.2, 0.25) is 0 Å². The molecule has 0 aliphatic carbocycles. The van der Waals surface area contributed by atoms with E-state index in [0.717, 1.165) is 10.9 Å². The van der Waals surface area contributed by atoms with E-state index in [9.17, 15) is 0 Å². The molecule has 0 bridgehead atoms. The molecule has 0 saturated carbocycles. The van der Waals surface area contributed by atoms with Gasteiger partial charge >= 0.3 is 0 Å². The van der Waals surface area contributed by atoms with E-state index >= 15 is 0 Å². The summed E-state index contributed by atoms with van der Waals surface area (Å²) in [7, 11) is 0. The van der Waals surface area contributed by atoms with Crippen LogP contribution in [0.3, 0.4) is 0 Å². The van der Waals surface area contributed by atoms with Crippen LogP contribution >= 0.6 is 0 Å². The van der Waals surface area contributed by atoms with Gasteiger partial charge in [-0.25, -0.2) is 0 Å². The summed E-state index contributed by atoms with van der Waals surface area (Å²) in [5.74, 6) is 0. The van der Waals surface area contributed by atoms with Gasteiger partial charge in [-0.05, 0) is 30.7 Å². The van der Waals surface area contributed by atoms with Crippen LogP contribution in [0.15, 0.2) is 24.3 Å². The van der Waals surface area contributed by atoms with Crippen LogP contribution in [0, 0.1) is 19.2 Å². The fraction of sp³-hybridized carbons (Fsp3) is 0.100. The molecule has 1 heteroatoms. The topological polar surface area (TPSA) is 12.9 Å². The van der Waals surface area contributed by atoms with Gasteiger partial charge in [0, 0.05) is 11.6 Å². The molecular formula is C10H7N. The van der Waals surface area contributed by atoms with E-state index in [1.54, 1.807) is 0 Å². The summed E-state index contributed by atoms with van der Waals surface area (Å²) in [5.41, 5.74) is 2.22. The molecule has 52 valence electrons. The van der Waals surface area contributed by atoms with E-state index in [-0.39, 0.29) is 0 Å². The zero-order valence-electron chi connectivity index (χ0n) is 6.26. The number of aryl methyl sites for hydroxylation is 1. The van der Waals surface area contributed by atoms with Gasteiger partial charge in [0.05, 0.1) is 5.52 Å². The van der Waals surface area contributed by atoms with Gasteiger partial charge in [0.1, 0.15) is 0 Å². The smallest absolute Gasteiger partial charge is 0.0818 e. The van der Waals surface area contributed by atoms with Crippen LogP contribution in [0.1, 0.15) is 5.56 Å². The van der Waals surface area contributed by atoms with Crippen molar-refractivity contribution in [3.05, 3.63) is 42.1 Å². The van der Waals surface area contributed by atoms with E-state index < -0.39 is 0 Å². The van der Waals surface area contributed by atoms with Gasteiger partial charge in [0.25, 0.3) is 0 Å². The summed E-state index contributed by atoms with van der Waals surface area (Å²) in [4.78, 5) is 4.06. The molecule has 0 aliphatic heterocycles. The number of hydrogen-bond donors (Lipinski definition) is 0. The largest absolute Gasteiger partial charge is 0.197 e. The highest BCUT2D eigenvalue weighted by Crippen LogP contribution is 2.10. The van der Waals surface area contributed by atoms with Gasteiger partial charge < -0.3 is 0 Å². The number of benzene rings is 1. The number of nitrogens with zero attached hydrogens (tertiary/aromatic N) is 1. The lowest BCUT2D eigenvalue weighted by atomic mass is 10.2. The molecule has 0 unspecified atom stereocenters. The van der Waals surface area contributed by atoms with E-state index in [0.29, 0.717) is 0 Å². The molecule has 0 radical (unpaired) electrons. The van der Waals surface area contributed by atoms with Crippen molar-refractivity contribution in [2.45, 2.75) is 6.92 Å². The van der Waals surface area contributed by atoms with Crippen molar-refractivity contribution in [3.8, 4) is 0 Å². The molecule has 0 amide bonds. The first kappa shape index (κ1) is 6.18. The standard InChI is InChI=1S/C10H7N/c1-8-4-5-9-3-2-6-11-10(9)7-8/h3-5,7H,1H3. The first-order chi connectivity index (χ1) is 5.36. The summed E-state index contributed by atoms with van der Waals surface area (Å²) in [5, 5.41) is 1.12. The van der Waals surface area contributed by atoms with Gasteiger partial charge in [-0.1, -0.05) is 12.1 Å². The highest BCUT2D eigenvalue weighted by molar-refractivity contribution is 5.78. The van der Waals surface area contributed by atoms with Crippen molar-refractivity contribution in [3.63, 3.8) is 0 Å². The lowest BCUT2D eigenvalue weighted by molar-refractivity contribution is 1.40. The van der Waals surface area contributed by atoms with Crippen LogP contribution in [-0.4, -0.2) is 4.98 Å². The van der Waals surface area contributed by atoms with E-state index in [1.807, 2.05) is 18.2 Å². The Balaban J connectivity index is 2.83. The van der Waals surface area contributed by atoms with Crippen molar-refractivity contribution in [1.29, 1.82) is 0 Å². The number of aromatic nitrogens is 1. The Hall–Kier alpha value is -1.55. The Morgan fingerprint density at radius 1 is 1.36 bits per heavy atom. The molecule has 0 spiro atoms. The van der Waals surface area contributed by atoms with Gasteiger partial charge in [-0.3, -0.25) is 0 Å². The van der Waals surface area contributed by atoms with Crippen LogP contribution in [0.25, 0.3) is 10.9 Å². The van der Waals surface area contributed by atoms with E-state index in [4.69, 9.17) is 0 Å². The molecule has 1 nitrogen and oxygen atoms in total. The van der Waals surface area contributed by atoms with Crippen molar-refractivity contribution in [2.24, 2.45) is 0 Å². The third-order valence-electron chi connectivity index (χ3n) is 1.65. The second kappa shape index (κ2) is 2.25. The zero-order chi connectivity index (χ0) is 7.68. The normalized spacial score (nSPS) is 9.55. The van der Waals surface area contributed by atoms with Crippen molar-refractivity contribution < 1.29 is 0 Å². The Morgan fingerprint density at radius 3 is 3.18 bits per heavy atom. The maximum Gasteiger partial charge on any atom is 0.0818 e. The predicted molar refractivity (Wildman–Crippen MR) is 44.2 cm³/mol. The maximum atomic E-state index is 4.06. The van der Waals surface area contributed by atoms with Crippen molar-refractivity contribution >= 4 is 10.9 Å². The number of fused-ring (bicyclic) bond motifs is 1. The highest BCUT2D eigenvalue weighted by atomic mass is 14.6. The van der Waals surface area contributed by atoms with Crippen LogP contribution in [0.2, 0.25) is 0 Å². The Labute approximate surface area is 65.7 Å². The number of hydrogen-bond acceptors (Lipinski definition) is 1. The van der Waals surface area contributed by atoms with Crippen LogP contribution in [0.5, 0.6) is 0 Å². The minimum Gasteiger partial charge on any atom is -0.197 e. The van der Waals surface area contributed by atoms with E-state index in [1.165, 1.54) is 5.56 Å². The fourth-order valence-corrected chi connectivity index (χ4v) is 1.08. The molecule has 11 heavy (non-hydrogen) atoms. The summed E-state index contributed by atoms with van der Waals surface area (Å²) in [6.07, 6.45) is 2.69. The highest BCUT2D eigenvalue weighted by Gasteiger charge is 1.90. The minimum absolute atomic E-state index is 0.990.